The third kappa shape index (κ3) is 3.46. The van der Waals surface area contributed by atoms with E-state index < -0.39 is 0 Å². The Kier molecular flexibility index (Phi) is 4.93. The summed E-state index contributed by atoms with van der Waals surface area (Å²) in [6.07, 6.45) is 1.09. The van der Waals surface area contributed by atoms with Crippen LogP contribution in [0.25, 0.3) is 0 Å². The molecule has 9 heteroatoms. The highest BCUT2D eigenvalue weighted by atomic mass is 35.5. The van der Waals surface area contributed by atoms with Crippen molar-refractivity contribution in [1.82, 2.24) is 21.6 Å². The predicted octanol–water partition coefficient (Wildman–Crippen LogP) is 2.10. The number of benzene rings is 1. The van der Waals surface area contributed by atoms with E-state index in [1.807, 2.05) is 6.92 Å². The monoisotopic (exact) mass is 335 g/mol. The normalized spacial score (nSPS) is 22.5. The number of hydrogen-bond acceptors (Lipinski definition) is 4. The van der Waals surface area contributed by atoms with Gasteiger partial charge in [0.25, 0.3) is 0 Å². The number of hydrazone groups is 1. The van der Waals surface area contributed by atoms with Gasteiger partial charge in [-0.25, -0.2) is 10.2 Å². The highest BCUT2D eigenvalue weighted by molar-refractivity contribution is 6.45. The molecule has 1 aromatic carbocycles. The fourth-order valence-corrected chi connectivity index (χ4v) is 2.19. The van der Waals surface area contributed by atoms with E-state index in [2.05, 4.69) is 26.7 Å². The number of carbonyl (C=O) groups excluding carboxylic acids is 1. The van der Waals surface area contributed by atoms with Crippen molar-refractivity contribution in [2.75, 3.05) is 0 Å². The quantitative estimate of drug-likeness (QED) is 0.388. The van der Waals surface area contributed by atoms with Crippen LogP contribution in [-0.2, 0) is 0 Å². The molecule has 108 valence electrons. The largest absolute Gasteiger partial charge is 0.330 e. The molecular weight excluding hydrogens is 325 g/mol. The number of nitrogens with zero attached hydrogens (tertiary/aromatic N) is 1. The zero-order valence-corrected chi connectivity index (χ0v) is 12.6. The van der Waals surface area contributed by atoms with Crippen LogP contribution < -0.4 is 21.6 Å². The minimum atomic E-state index is -0.364. The topological polar surface area (TPSA) is 77.5 Å². The Balaban J connectivity index is 2.07. The molecule has 20 heavy (non-hydrogen) atoms. The minimum Gasteiger partial charge on any atom is -0.314 e. The fraction of sp³-hybridized carbons (Fsp3) is 0.273. The van der Waals surface area contributed by atoms with Crippen molar-refractivity contribution >= 4 is 47.0 Å². The second-order valence-corrected chi connectivity index (χ2v) is 5.35. The summed E-state index contributed by atoms with van der Waals surface area (Å²) in [6, 6.07) is 2.84. The molecule has 0 radical (unpaired) electrons. The maximum absolute atomic E-state index is 11.2. The second kappa shape index (κ2) is 6.49. The molecule has 0 spiro atoms. The minimum absolute atomic E-state index is 0.0600. The summed E-state index contributed by atoms with van der Waals surface area (Å²) in [6.45, 7) is 1.87. The van der Waals surface area contributed by atoms with Crippen molar-refractivity contribution in [3.05, 3.63) is 32.8 Å². The molecule has 6 nitrogen and oxygen atoms in total. The lowest BCUT2D eigenvalue weighted by molar-refractivity contribution is 0.202. The molecule has 1 saturated heterocycles. The summed E-state index contributed by atoms with van der Waals surface area (Å²) < 4.78 is 0. The van der Waals surface area contributed by atoms with Gasteiger partial charge in [0.15, 0.2) is 0 Å². The van der Waals surface area contributed by atoms with Crippen LogP contribution in [0.5, 0.6) is 0 Å². The first-order valence-corrected chi connectivity index (χ1v) is 6.86. The summed E-state index contributed by atoms with van der Waals surface area (Å²) in [5.41, 5.74) is 8.54. The lowest BCUT2D eigenvalue weighted by atomic mass is 10.2. The molecule has 1 aromatic rings. The summed E-state index contributed by atoms with van der Waals surface area (Å²) in [7, 11) is 0. The Morgan fingerprint density at radius 2 is 2.00 bits per heavy atom. The molecule has 2 atom stereocenters. The van der Waals surface area contributed by atoms with Crippen LogP contribution in [0.3, 0.4) is 0 Å². The lowest BCUT2D eigenvalue weighted by Crippen LogP contribution is -2.67. The molecule has 2 rings (SSSR count). The van der Waals surface area contributed by atoms with Gasteiger partial charge in [-0.2, -0.15) is 5.10 Å². The number of rotatable bonds is 3. The predicted molar refractivity (Wildman–Crippen MR) is 80.3 cm³/mol. The molecule has 0 aromatic heterocycles. The van der Waals surface area contributed by atoms with E-state index >= 15 is 0 Å². The van der Waals surface area contributed by atoms with Crippen LogP contribution in [0.4, 0.5) is 4.79 Å². The SMILES string of the molecule is CC1NNC(=O)NC1N/N=C/c1c(Cl)ccc(Cl)c1Cl. The number of hydrazine groups is 1. The first-order chi connectivity index (χ1) is 9.49. The Bertz CT molecular complexity index is 551. The van der Waals surface area contributed by atoms with Gasteiger partial charge in [0, 0.05) is 5.56 Å². The molecule has 0 aliphatic carbocycles. The summed E-state index contributed by atoms with van der Waals surface area (Å²) in [4.78, 5) is 11.2. The van der Waals surface area contributed by atoms with Crippen molar-refractivity contribution in [1.29, 1.82) is 0 Å². The smallest absolute Gasteiger partial charge is 0.314 e. The van der Waals surface area contributed by atoms with Gasteiger partial charge >= 0.3 is 6.03 Å². The zero-order chi connectivity index (χ0) is 14.7. The number of nitrogens with one attached hydrogen (secondary N) is 4. The number of carbonyl (C=O) groups is 1. The number of halogens is 3. The van der Waals surface area contributed by atoms with E-state index in [-0.39, 0.29) is 18.2 Å². The van der Waals surface area contributed by atoms with E-state index in [1.165, 1.54) is 6.21 Å². The van der Waals surface area contributed by atoms with Crippen LogP contribution in [0, 0.1) is 0 Å². The molecular formula is C11H12Cl3N5O. The van der Waals surface area contributed by atoms with Crippen molar-refractivity contribution in [3.63, 3.8) is 0 Å². The third-order valence-corrected chi connectivity index (χ3v) is 3.84. The number of hydrogen-bond donors (Lipinski definition) is 4. The molecule has 2 amide bonds. The standard InChI is InChI=1S/C11H12Cl3N5O/c1-5-10(16-11(20)19-17-5)18-15-4-6-7(12)2-3-8(13)9(6)14/h2-5,10,17-18H,1H3,(H2,16,19,20)/b15-4+. The summed E-state index contributed by atoms with van der Waals surface area (Å²) >= 11 is 18.0. The molecule has 1 fully saturated rings. The van der Waals surface area contributed by atoms with Crippen LogP contribution in [0.15, 0.2) is 17.2 Å². The summed E-state index contributed by atoms with van der Waals surface area (Å²) in [5.74, 6) is 0. The molecule has 1 heterocycles. The zero-order valence-electron chi connectivity index (χ0n) is 10.4. The molecule has 1 aliphatic heterocycles. The van der Waals surface area contributed by atoms with Gasteiger partial charge in [-0.05, 0) is 19.1 Å². The van der Waals surface area contributed by atoms with E-state index in [0.29, 0.717) is 20.6 Å². The highest BCUT2D eigenvalue weighted by Crippen LogP contribution is 2.29. The van der Waals surface area contributed by atoms with Gasteiger partial charge in [-0.3, -0.25) is 10.9 Å². The van der Waals surface area contributed by atoms with Gasteiger partial charge in [-0.15, -0.1) is 0 Å². The van der Waals surface area contributed by atoms with Crippen molar-refractivity contribution in [2.24, 2.45) is 5.10 Å². The first kappa shape index (κ1) is 15.2. The Morgan fingerprint density at radius 1 is 1.30 bits per heavy atom. The number of urea groups is 1. The lowest BCUT2D eigenvalue weighted by Gasteiger charge is -2.30. The van der Waals surface area contributed by atoms with Crippen LogP contribution in [0.2, 0.25) is 15.1 Å². The van der Waals surface area contributed by atoms with E-state index in [1.54, 1.807) is 12.1 Å². The van der Waals surface area contributed by atoms with Gasteiger partial charge < -0.3 is 5.32 Å². The van der Waals surface area contributed by atoms with Crippen molar-refractivity contribution in [3.8, 4) is 0 Å². The maximum Gasteiger partial charge on any atom is 0.330 e. The number of amides is 2. The highest BCUT2D eigenvalue weighted by Gasteiger charge is 2.23. The van der Waals surface area contributed by atoms with Gasteiger partial charge in [0.1, 0.15) is 6.17 Å². The molecule has 0 saturated carbocycles. The van der Waals surface area contributed by atoms with Gasteiger partial charge in [0.05, 0.1) is 27.3 Å². The third-order valence-electron chi connectivity index (χ3n) is 2.69. The van der Waals surface area contributed by atoms with Crippen molar-refractivity contribution in [2.45, 2.75) is 19.1 Å². The van der Waals surface area contributed by atoms with E-state index in [0.717, 1.165) is 0 Å². The van der Waals surface area contributed by atoms with Gasteiger partial charge in [-0.1, -0.05) is 34.8 Å². The fourth-order valence-electron chi connectivity index (χ4n) is 1.55. The molecule has 4 N–H and O–H groups in total. The Hall–Kier alpha value is -1.21. The summed E-state index contributed by atoms with van der Waals surface area (Å²) in [5, 5.41) is 7.84. The maximum atomic E-state index is 11.2. The average molecular weight is 337 g/mol. The Morgan fingerprint density at radius 3 is 2.75 bits per heavy atom. The van der Waals surface area contributed by atoms with Crippen LogP contribution in [0.1, 0.15) is 12.5 Å². The first-order valence-electron chi connectivity index (χ1n) is 5.73. The Labute approximate surface area is 130 Å². The molecule has 0 bridgehead atoms. The molecule has 2 unspecified atom stereocenters. The second-order valence-electron chi connectivity index (χ2n) is 4.15. The van der Waals surface area contributed by atoms with E-state index in [9.17, 15) is 4.79 Å². The molecule has 1 aliphatic rings. The van der Waals surface area contributed by atoms with E-state index in [4.69, 9.17) is 34.8 Å². The van der Waals surface area contributed by atoms with Crippen LogP contribution in [-0.4, -0.2) is 24.5 Å². The van der Waals surface area contributed by atoms with Crippen molar-refractivity contribution < 1.29 is 4.79 Å². The van der Waals surface area contributed by atoms with Crippen LogP contribution >= 0.6 is 34.8 Å². The van der Waals surface area contributed by atoms with Gasteiger partial charge in [0.2, 0.25) is 0 Å². The average Bonchev–Trinajstić information content (AvgIpc) is 2.42.